The van der Waals surface area contributed by atoms with Gasteiger partial charge in [-0.15, -0.1) is 0 Å². The second-order valence-electron chi connectivity index (χ2n) is 4.79. The van der Waals surface area contributed by atoms with E-state index in [-0.39, 0.29) is 17.0 Å². The molecule has 1 rings (SSSR count). The average molecular weight is 267 g/mol. The average Bonchev–Trinajstić information content (AvgIpc) is 2.21. The number of aromatic hydroxyl groups is 2. The molecule has 0 aliphatic rings. The molecule has 5 nitrogen and oxygen atoms in total. The van der Waals surface area contributed by atoms with Crippen molar-refractivity contribution in [3.63, 3.8) is 0 Å². The molecule has 0 aromatic heterocycles. The molecule has 0 bridgehead atoms. The predicted molar refractivity (Wildman–Crippen MR) is 76.0 cm³/mol. The summed E-state index contributed by atoms with van der Waals surface area (Å²) < 4.78 is 0. The lowest BCUT2D eigenvalue weighted by atomic mass is 10.1. The first-order valence-corrected chi connectivity index (χ1v) is 5.82. The van der Waals surface area contributed by atoms with Crippen LogP contribution in [0.2, 0.25) is 0 Å². The topological polar surface area (TPSA) is 76.9 Å². The van der Waals surface area contributed by atoms with Crippen LogP contribution in [-0.4, -0.2) is 27.1 Å². The number of hydrogen-bond acceptors (Lipinski definition) is 4. The Morgan fingerprint density at radius 3 is 2.61 bits per heavy atom. The van der Waals surface area contributed by atoms with Crippen molar-refractivity contribution in [3.8, 4) is 11.5 Å². The number of rotatable bonds is 2. The lowest BCUT2D eigenvalue weighted by molar-refractivity contribution is 0.403. The van der Waals surface area contributed by atoms with Gasteiger partial charge in [0.15, 0.2) is 16.6 Å². The molecule has 0 spiro atoms. The molecule has 0 heterocycles. The minimum Gasteiger partial charge on any atom is -0.504 e. The van der Waals surface area contributed by atoms with E-state index >= 15 is 0 Å². The molecular formula is C12H17N3O2S. The minimum atomic E-state index is -0.210. The Kier molecular flexibility index (Phi) is 4.49. The molecule has 4 N–H and O–H groups in total. The fraction of sp³-hybridized carbons (Fsp3) is 0.333. The van der Waals surface area contributed by atoms with Crippen LogP contribution in [0.5, 0.6) is 11.5 Å². The van der Waals surface area contributed by atoms with E-state index in [9.17, 15) is 10.2 Å². The van der Waals surface area contributed by atoms with Crippen molar-refractivity contribution in [2.45, 2.75) is 26.3 Å². The Hall–Kier alpha value is -1.82. The molecule has 0 amide bonds. The van der Waals surface area contributed by atoms with Crippen LogP contribution in [0.4, 0.5) is 0 Å². The van der Waals surface area contributed by atoms with E-state index in [0.29, 0.717) is 10.7 Å². The van der Waals surface area contributed by atoms with Gasteiger partial charge in [-0.1, -0.05) is 6.07 Å². The second kappa shape index (κ2) is 5.68. The fourth-order valence-electron chi connectivity index (χ4n) is 1.18. The molecule has 0 radical (unpaired) electrons. The number of phenolic OH excluding ortho intramolecular Hbond substituents is 2. The van der Waals surface area contributed by atoms with Gasteiger partial charge in [-0.05, 0) is 45.1 Å². The molecule has 98 valence electrons. The fourth-order valence-corrected chi connectivity index (χ4v) is 1.54. The largest absolute Gasteiger partial charge is 0.504 e. The van der Waals surface area contributed by atoms with Crippen LogP contribution in [0.15, 0.2) is 23.3 Å². The molecule has 0 saturated heterocycles. The quantitative estimate of drug-likeness (QED) is 0.284. The van der Waals surface area contributed by atoms with Gasteiger partial charge in [0.25, 0.3) is 0 Å². The summed E-state index contributed by atoms with van der Waals surface area (Å²) in [7, 11) is 0. The number of benzene rings is 1. The number of hydrazone groups is 1. The lowest BCUT2D eigenvalue weighted by Crippen LogP contribution is -2.44. The lowest BCUT2D eigenvalue weighted by Gasteiger charge is -2.21. The van der Waals surface area contributed by atoms with Crippen molar-refractivity contribution in [1.82, 2.24) is 10.7 Å². The van der Waals surface area contributed by atoms with Crippen molar-refractivity contribution in [1.29, 1.82) is 0 Å². The first-order chi connectivity index (χ1) is 8.29. The summed E-state index contributed by atoms with van der Waals surface area (Å²) in [5.41, 5.74) is 2.89. The molecule has 0 atom stereocenters. The zero-order chi connectivity index (χ0) is 13.8. The molecular weight excluding hydrogens is 250 g/mol. The number of thiocarbonyl (C=S) groups is 1. The highest BCUT2D eigenvalue weighted by Crippen LogP contribution is 2.26. The Labute approximate surface area is 112 Å². The molecule has 1 aromatic carbocycles. The van der Waals surface area contributed by atoms with Crippen LogP contribution in [-0.2, 0) is 0 Å². The van der Waals surface area contributed by atoms with Crippen LogP contribution in [0.25, 0.3) is 0 Å². The molecule has 0 aliphatic heterocycles. The smallest absolute Gasteiger partial charge is 0.187 e. The third-order valence-electron chi connectivity index (χ3n) is 1.90. The number of nitrogens with one attached hydrogen (secondary N) is 2. The Bertz CT molecular complexity index is 467. The van der Waals surface area contributed by atoms with E-state index in [2.05, 4.69) is 15.8 Å². The van der Waals surface area contributed by atoms with Gasteiger partial charge < -0.3 is 15.5 Å². The maximum absolute atomic E-state index is 9.53. The monoisotopic (exact) mass is 267 g/mol. The summed E-state index contributed by atoms with van der Waals surface area (Å²) in [6.45, 7) is 5.93. The summed E-state index contributed by atoms with van der Waals surface area (Å²) in [6.07, 6.45) is 1.38. The number of hydrogen-bond donors (Lipinski definition) is 4. The van der Waals surface area contributed by atoms with Gasteiger partial charge in [-0.2, -0.15) is 5.10 Å². The normalized spacial score (nSPS) is 11.5. The Morgan fingerprint density at radius 1 is 1.33 bits per heavy atom. The molecule has 0 unspecified atom stereocenters. The van der Waals surface area contributed by atoms with E-state index in [4.69, 9.17) is 12.2 Å². The zero-order valence-electron chi connectivity index (χ0n) is 10.6. The number of para-hydroxylation sites is 1. The molecule has 6 heteroatoms. The number of phenols is 2. The van der Waals surface area contributed by atoms with Crippen LogP contribution < -0.4 is 10.7 Å². The Balaban J connectivity index is 2.61. The molecule has 0 fully saturated rings. The highest BCUT2D eigenvalue weighted by atomic mass is 32.1. The SMILES string of the molecule is CC(C)(C)NC(=S)N/N=C/c1cccc(O)c1O. The van der Waals surface area contributed by atoms with Crippen molar-refractivity contribution in [2.24, 2.45) is 5.10 Å². The van der Waals surface area contributed by atoms with Crippen molar-refractivity contribution >= 4 is 23.5 Å². The van der Waals surface area contributed by atoms with E-state index in [1.54, 1.807) is 12.1 Å². The maximum Gasteiger partial charge on any atom is 0.187 e. The summed E-state index contributed by atoms with van der Waals surface area (Å²) in [5, 5.41) is 26.1. The van der Waals surface area contributed by atoms with Crippen molar-refractivity contribution < 1.29 is 10.2 Å². The molecule has 0 saturated carbocycles. The van der Waals surface area contributed by atoms with Gasteiger partial charge >= 0.3 is 0 Å². The van der Waals surface area contributed by atoms with E-state index in [1.165, 1.54) is 12.3 Å². The van der Waals surface area contributed by atoms with Gasteiger partial charge in [0.2, 0.25) is 0 Å². The van der Waals surface area contributed by atoms with Crippen LogP contribution in [0.1, 0.15) is 26.3 Å². The predicted octanol–water partition coefficient (Wildman–Crippen LogP) is 1.69. The van der Waals surface area contributed by atoms with E-state index < -0.39 is 0 Å². The van der Waals surface area contributed by atoms with Crippen LogP contribution in [0.3, 0.4) is 0 Å². The molecule has 1 aromatic rings. The third kappa shape index (κ3) is 4.58. The van der Waals surface area contributed by atoms with Gasteiger partial charge in [-0.25, -0.2) is 0 Å². The summed E-state index contributed by atoms with van der Waals surface area (Å²) in [4.78, 5) is 0. The summed E-state index contributed by atoms with van der Waals surface area (Å²) in [6, 6.07) is 4.63. The molecule has 18 heavy (non-hydrogen) atoms. The van der Waals surface area contributed by atoms with Gasteiger partial charge in [0.1, 0.15) is 0 Å². The highest BCUT2D eigenvalue weighted by Gasteiger charge is 2.10. The third-order valence-corrected chi connectivity index (χ3v) is 2.10. The van der Waals surface area contributed by atoms with Gasteiger partial charge in [-0.3, -0.25) is 5.43 Å². The minimum absolute atomic E-state index is 0.146. The zero-order valence-corrected chi connectivity index (χ0v) is 11.4. The van der Waals surface area contributed by atoms with Gasteiger partial charge in [0, 0.05) is 11.1 Å². The van der Waals surface area contributed by atoms with E-state index in [1.807, 2.05) is 20.8 Å². The number of nitrogens with zero attached hydrogens (tertiary/aromatic N) is 1. The van der Waals surface area contributed by atoms with Crippen LogP contribution in [0, 0.1) is 0 Å². The first kappa shape index (κ1) is 14.2. The van der Waals surface area contributed by atoms with E-state index in [0.717, 1.165) is 0 Å². The van der Waals surface area contributed by atoms with Crippen molar-refractivity contribution in [3.05, 3.63) is 23.8 Å². The van der Waals surface area contributed by atoms with Crippen LogP contribution >= 0.6 is 12.2 Å². The summed E-state index contributed by atoms with van der Waals surface area (Å²) in [5.74, 6) is -0.396. The standard InChI is InChI=1S/C12H17N3O2S/c1-12(2,3)14-11(18)15-13-7-8-5-4-6-9(16)10(8)17/h4-7,16-17H,1-3H3,(H2,14,15,18)/b13-7+. The second-order valence-corrected chi connectivity index (χ2v) is 5.20. The van der Waals surface area contributed by atoms with Crippen molar-refractivity contribution in [2.75, 3.05) is 0 Å². The maximum atomic E-state index is 9.53. The highest BCUT2D eigenvalue weighted by molar-refractivity contribution is 7.80. The Morgan fingerprint density at radius 2 is 2.00 bits per heavy atom. The molecule has 0 aliphatic carbocycles. The first-order valence-electron chi connectivity index (χ1n) is 5.42. The van der Waals surface area contributed by atoms with Gasteiger partial charge in [0.05, 0.1) is 6.21 Å². The summed E-state index contributed by atoms with van der Waals surface area (Å²) >= 11 is 5.03.